The number of hydrogen-bond donors (Lipinski definition) is 1. The first-order valence-corrected chi connectivity index (χ1v) is 6.80. The summed E-state index contributed by atoms with van der Waals surface area (Å²) in [5.74, 6) is 3.54. The number of imidazole rings is 1. The number of hydrogen-bond acceptors (Lipinski definition) is 3. The highest BCUT2D eigenvalue weighted by Crippen LogP contribution is 2.35. The second-order valence-electron chi connectivity index (χ2n) is 3.99. The van der Waals surface area contributed by atoms with Crippen molar-refractivity contribution in [2.75, 3.05) is 17.2 Å². The molecular weight excluding hydrogens is 242 g/mol. The Balaban J connectivity index is 2.18. The molecule has 0 saturated carbocycles. The lowest BCUT2D eigenvalue weighted by atomic mass is 10.1. The van der Waals surface area contributed by atoms with Crippen LogP contribution in [0.3, 0.4) is 0 Å². The number of anilines is 1. The number of nitrogens with zero attached hydrogens (tertiary/aromatic N) is 2. The summed E-state index contributed by atoms with van der Waals surface area (Å²) in [5, 5.41) is 0.658. The van der Waals surface area contributed by atoms with E-state index in [1.807, 2.05) is 34.5 Å². The van der Waals surface area contributed by atoms with Gasteiger partial charge in [-0.15, -0.1) is 0 Å². The van der Waals surface area contributed by atoms with Crippen molar-refractivity contribution < 1.29 is 0 Å². The summed E-state index contributed by atoms with van der Waals surface area (Å²) in [6.45, 7) is 0. The number of pyridine rings is 1. The van der Waals surface area contributed by atoms with E-state index in [2.05, 4.69) is 4.98 Å². The number of aromatic nitrogens is 2. The maximum Gasteiger partial charge on any atom is 0.157 e. The van der Waals surface area contributed by atoms with E-state index in [1.165, 1.54) is 5.75 Å². The summed E-state index contributed by atoms with van der Waals surface area (Å²) < 4.78 is 1.88. The highest BCUT2D eigenvalue weighted by molar-refractivity contribution is 7.99. The highest BCUT2D eigenvalue weighted by Gasteiger charge is 2.24. The minimum atomic E-state index is 0.487. The van der Waals surface area contributed by atoms with Crippen LogP contribution in [0.25, 0.3) is 5.65 Å². The zero-order valence-corrected chi connectivity index (χ0v) is 10.3. The highest BCUT2D eigenvalue weighted by atomic mass is 35.5. The van der Waals surface area contributed by atoms with Crippen molar-refractivity contribution in [3.63, 3.8) is 0 Å². The van der Waals surface area contributed by atoms with Crippen molar-refractivity contribution in [2.45, 2.75) is 12.3 Å². The van der Waals surface area contributed by atoms with Crippen LogP contribution in [0.4, 0.5) is 5.82 Å². The van der Waals surface area contributed by atoms with Gasteiger partial charge < -0.3 is 5.73 Å². The van der Waals surface area contributed by atoms with Gasteiger partial charge in [0.1, 0.15) is 5.82 Å². The zero-order valence-electron chi connectivity index (χ0n) is 8.69. The molecule has 2 aromatic rings. The summed E-state index contributed by atoms with van der Waals surface area (Å²) in [4.78, 5) is 4.59. The minimum Gasteiger partial charge on any atom is -0.383 e. The normalized spacial score (nSPS) is 20.7. The summed E-state index contributed by atoms with van der Waals surface area (Å²) in [6, 6.07) is 3.73. The van der Waals surface area contributed by atoms with Gasteiger partial charge in [0, 0.05) is 17.9 Å². The molecule has 0 spiro atoms. The van der Waals surface area contributed by atoms with Crippen molar-refractivity contribution in [1.29, 1.82) is 0 Å². The van der Waals surface area contributed by atoms with Crippen LogP contribution < -0.4 is 5.73 Å². The van der Waals surface area contributed by atoms with Crippen LogP contribution in [0.5, 0.6) is 0 Å². The Morgan fingerprint density at radius 2 is 2.44 bits per heavy atom. The molecule has 2 N–H and O–H groups in total. The molecule has 1 aliphatic heterocycles. The van der Waals surface area contributed by atoms with Gasteiger partial charge in [-0.05, 0) is 24.3 Å². The molecule has 5 heteroatoms. The smallest absolute Gasteiger partial charge is 0.157 e. The molecule has 1 atom stereocenters. The molecule has 3 heterocycles. The van der Waals surface area contributed by atoms with E-state index >= 15 is 0 Å². The molecule has 0 radical (unpaired) electrons. The van der Waals surface area contributed by atoms with E-state index in [-0.39, 0.29) is 0 Å². The van der Waals surface area contributed by atoms with Crippen LogP contribution in [0.15, 0.2) is 18.3 Å². The minimum absolute atomic E-state index is 0.487. The fourth-order valence-corrected chi connectivity index (χ4v) is 3.55. The van der Waals surface area contributed by atoms with Crippen LogP contribution in [-0.4, -0.2) is 20.9 Å². The van der Waals surface area contributed by atoms with E-state index in [0.29, 0.717) is 10.9 Å². The molecule has 0 aliphatic carbocycles. The first kappa shape index (κ1) is 10.3. The molecule has 0 amide bonds. The van der Waals surface area contributed by atoms with Gasteiger partial charge in [0.15, 0.2) is 5.65 Å². The van der Waals surface area contributed by atoms with E-state index in [0.717, 1.165) is 29.3 Å². The molecule has 16 heavy (non-hydrogen) atoms. The van der Waals surface area contributed by atoms with Gasteiger partial charge in [0.2, 0.25) is 0 Å². The molecule has 0 aromatic carbocycles. The van der Waals surface area contributed by atoms with Crippen molar-refractivity contribution >= 4 is 34.8 Å². The van der Waals surface area contributed by atoms with Crippen LogP contribution in [0.2, 0.25) is 5.02 Å². The first-order chi connectivity index (χ1) is 7.77. The molecule has 1 unspecified atom stereocenters. The maximum atomic E-state index is 6.12. The number of halogens is 1. The van der Waals surface area contributed by atoms with Crippen LogP contribution in [0.1, 0.15) is 18.0 Å². The number of fused-ring (bicyclic) bond motifs is 1. The van der Waals surface area contributed by atoms with Crippen molar-refractivity contribution in [1.82, 2.24) is 9.38 Å². The second kappa shape index (κ2) is 3.86. The van der Waals surface area contributed by atoms with Gasteiger partial charge in [-0.3, -0.25) is 4.40 Å². The molecule has 1 fully saturated rings. The summed E-state index contributed by atoms with van der Waals surface area (Å²) in [7, 11) is 0. The van der Waals surface area contributed by atoms with Gasteiger partial charge >= 0.3 is 0 Å². The lowest BCUT2D eigenvalue weighted by Gasteiger charge is -2.04. The lowest BCUT2D eigenvalue weighted by molar-refractivity contribution is 0.762. The maximum absolute atomic E-state index is 6.12. The monoisotopic (exact) mass is 253 g/mol. The quantitative estimate of drug-likeness (QED) is 0.850. The Hall–Kier alpha value is -0.870. The summed E-state index contributed by atoms with van der Waals surface area (Å²) in [5.41, 5.74) is 7.90. The van der Waals surface area contributed by atoms with E-state index in [4.69, 9.17) is 17.3 Å². The fourth-order valence-electron chi connectivity index (χ4n) is 2.12. The molecular formula is C11H12ClN3S. The molecule has 2 aromatic heterocycles. The molecule has 84 valence electrons. The summed E-state index contributed by atoms with van der Waals surface area (Å²) >= 11 is 8.07. The molecule has 3 nitrogen and oxygen atoms in total. The topological polar surface area (TPSA) is 43.3 Å². The van der Waals surface area contributed by atoms with Gasteiger partial charge in [-0.1, -0.05) is 11.6 Å². The van der Waals surface area contributed by atoms with Crippen molar-refractivity contribution in [2.24, 2.45) is 0 Å². The molecule has 3 rings (SSSR count). The van der Waals surface area contributed by atoms with Gasteiger partial charge in [-0.2, -0.15) is 11.8 Å². The van der Waals surface area contributed by atoms with Crippen LogP contribution >= 0.6 is 23.4 Å². The number of rotatable bonds is 1. The summed E-state index contributed by atoms with van der Waals surface area (Å²) in [6.07, 6.45) is 3.07. The van der Waals surface area contributed by atoms with Crippen LogP contribution in [0, 0.1) is 0 Å². The molecule has 1 aliphatic rings. The number of thioether (sulfide) groups is 1. The van der Waals surface area contributed by atoms with Gasteiger partial charge in [-0.25, -0.2) is 4.98 Å². The number of nitrogen functional groups attached to an aromatic ring is 1. The fraction of sp³-hybridized carbons (Fsp3) is 0.364. The predicted molar refractivity (Wildman–Crippen MR) is 69.3 cm³/mol. The third kappa shape index (κ3) is 1.48. The van der Waals surface area contributed by atoms with E-state index < -0.39 is 0 Å². The van der Waals surface area contributed by atoms with Crippen molar-refractivity contribution in [3.8, 4) is 0 Å². The average molecular weight is 254 g/mol. The lowest BCUT2D eigenvalue weighted by Crippen LogP contribution is -2.02. The first-order valence-electron chi connectivity index (χ1n) is 5.27. The molecule has 0 bridgehead atoms. The Kier molecular flexibility index (Phi) is 2.48. The van der Waals surface area contributed by atoms with Gasteiger partial charge in [0.25, 0.3) is 0 Å². The third-order valence-electron chi connectivity index (χ3n) is 2.98. The average Bonchev–Trinajstić information content (AvgIpc) is 2.88. The molecule has 1 saturated heterocycles. The number of nitrogens with two attached hydrogens (primary N) is 1. The Labute approximate surface area is 103 Å². The van der Waals surface area contributed by atoms with Gasteiger partial charge in [0.05, 0.1) is 10.7 Å². The Bertz CT molecular complexity index is 531. The Morgan fingerprint density at radius 1 is 1.56 bits per heavy atom. The van der Waals surface area contributed by atoms with E-state index in [9.17, 15) is 0 Å². The SMILES string of the molecule is Nc1c(C2CCSC2)nc2c(Cl)cccn12. The van der Waals surface area contributed by atoms with Crippen LogP contribution in [-0.2, 0) is 0 Å². The Morgan fingerprint density at radius 3 is 3.12 bits per heavy atom. The van der Waals surface area contributed by atoms with E-state index in [1.54, 1.807) is 0 Å². The van der Waals surface area contributed by atoms with Crippen molar-refractivity contribution in [3.05, 3.63) is 29.0 Å². The largest absolute Gasteiger partial charge is 0.383 e. The predicted octanol–water partition coefficient (Wildman–Crippen LogP) is 2.79. The second-order valence-corrected chi connectivity index (χ2v) is 5.55. The third-order valence-corrected chi connectivity index (χ3v) is 4.44. The zero-order chi connectivity index (χ0) is 11.1. The standard InChI is InChI=1S/C11H12ClN3S/c12-8-2-1-4-15-10(13)9(14-11(8)15)7-3-5-16-6-7/h1-2,4,7H,3,5-6,13H2.